The first-order chi connectivity index (χ1) is 7.11. The lowest BCUT2D eigenvalue weighted by Crippen LogP contribution is -2.07. The summed E-state index contributed by atoms with van der Waals surface area (Å²) in [5, 5.41) is 0. The van der Waals surface area contributed by atoms with E-state index in [4.69, 9.17) is 4.74 Å². The fourth-order valence-electron chi connectivity index (χ4n) is 1.09. The van der Waals surface area contributed by atoms with Gasteiger partial charge in [-0.25, -0.2) is 4.39 Å². The Morgan fingerprint density at radius 1 is 1.47 bits per heavy atom. The molecule has 0 atom stereocenters. The van der Waals surface area contributed by atoms with Gasteiger partial charge in [0.15, 0.2) is 0 Å². The molecule has 0 spiro atoms. The van der Waals surface area contributed by atoms with Crippen LogP contribution in [0.1, 0.15) is 26.2 Å². The molecule has 0 bridgehead atoms. The third-order valence-electron chi connectivity index (χ3n) is 1.80. The van der Waals surface area contributed by atoms with Gasteiger partial charge in [-0.15, -0.1) is 0 Å². The molecule has 0 radical (unpaired) electrons. The number of halogens is 2. The van der Waals surface area contributed by atoms with Gasteiger partial charge in [-0.05, 0) is 18.6 Å². The second-order valence-electron chi connectivity index (χ2n) is 3.18. The highest BCUT2D eigenvalue weighted by molar-refractivity contribution is 9.10. The van der Waals surface area contributed by atoms with Gasteiger partial charge < -0.3 is 4.74 Å². The van der Waals surface area contributed by atoms with E-state index in [0.29, 0.717) is 10.9 Å². The maximum Gasteiger partial charge on any atom is 0.311 e. The highest BCUT2D eigenvalue weighted by Gasteiger charge is 2.06. The fraction of sp³-hybridized carbons (Fsp3) is 0.364. The van der Waals surface area contributed by atoms with Crippen molar-refractivity contribution < 1.29 is 13.9 Å². The zero-order valence-electron chi connectivity index (χ0n) is 8.43. The smallest absolute Gasteiger partial charge is 0.311 e. The van der Waals surface area contributed by atoms with Crippen LogP contribution in [0.3, 0.4) is 0 Å². The molecule has 0 aliphatic rings. The minimum Gasteiger partial charge on any atom is -0.426 e. The van der Waals surface area contributed by atoms with E-state index < -0.39 is 5.82 Å². The van der Waals surface area contributed by atoms with Crippen molar-refractivity contribution >= 4 is 21.9 Å². The average Bonchev–Trinajstić information content (AvgIpc) is 2.13. The van der Waals surface area contributed by atoms with Crippen molar-refractivity contribution in [2.75, 3.05) is 0 Å². The Bertz CT molecular complexity index is 332. The molecule has 0 heterocycles. The number of esters is 1. The van der Waals surface area contributed by atoms with Crippen LogP contribution in [0.25, 0.3) is 0 Å². The van der Waals surface area contributed by atoms with Crippen molar-refractivity contribution in [2.45, 2.75) is 26.2 Å². The molecule has 4 heteroatoms. The molecule has 0 aliphatic carbocycles. The van der Waals surface area contributed by atoms with Crippen LogP contribution < -0.4 is 4.74 Å². The van der Waals surface area contributed by atoms with Crippen LogP contribution in [0.4, 0.5) is 4.39 Å². The molecule has 0 amide bonds. The number of rotatable bonds is 4. The molecule has 0 saturated carbocycles. The largest absolute Gasteiger partial charge is 0.426 e. The van der Waals surface area contributed by atoms with E-state index in [1.165, 1.54) is 12.1 Å². The highest BCUT2D eigenvalue weighted by Crippen LogP contribution is 2.21. The number of hydrogen-bond donors (Lipinski definition) is 0. The molecule has 2 nitrogen and oxygen atoms in total. The fourth-order valence-corrected chi connectivity index (χ4v) is 1.54. The van der Waals surface area contributed by atoms with E-state index in [0.717, 1.165) is 12.8 Å². The first-order valence-electron chi connectivity index (χ1n) is 4.78. The van der Waals surface area contributed by atoms with E-state index in [1.54, 1.807) is 6.07 Å². The van der Waals surface area contributed by atoms with E-state index >= 15 is 0 Å². The van der Waals surface area contributed by atoms with Gasteiger partial charge in [-0.3, -0.25) is 4.79 Å². The van der Waals surface area contributed by atoms with Crippen LogP contribution in [-0.2, 0) is 4.79 Å². The molecule has 1 aromatic carbocycles. The molecular weight excluding hydrogens is 263 g/mol. The third kappa shape index (κ3) is 4.42. The summed E-state index contributed by atoms with van der Waals surface area (Å²) in [6.07, 6.45) is 2.09. The molecule has 0 aromatic heterocycles. The van der Waals surface area contributed by atoms with Gasteiger partial charge in [0.2, 0.25) is 0 Å². The SMILES string of the molecule is CCCCC(=O)Oc1cc(F)cc(Br)c1. The van der Waals surface area contributed by atoms with E-state index in [9.17, 15) is 9.18 Å². The number of unbranched alkanes of at least 4 members (excludes halogenated alkanes) is 1. The van der Waals surface area contributed by atoms with Gasteiger partial charge in [-0.2, -0.15) is 0 Å². The summed E-state index contributed by atoms with van der Waals surface area (Å²) in [5.74, 6) is -0.514. The van der Waals surface area contributed by atoms with Crippen molar-refractivity contribution in [3.63, 3.8) is 0 Å². The van der Waals surface area contributed by atoms with Gasteiger partial charge in [0, 0.05) is 17.0 Å². The Hall–Kier alpha value is -0.900. The Labute approximate surface area is 96.6 Å². The zero-order valence-corrected chi connectivity index (χ0v) is 10.0. The number of hydrogen-bond acceptors (Lipinski definition) is 2. The van der Waals surface area contributed by atoms with Gasteiger partial charge >= 0.3 is 5.97 Å². The van der Waals surface area contributed by atoms with Crippen molar-refractivity contribution in [3.8, 4) is 5.75 Å². The number of benzene rings is 1. The maximum atomic E-state index is 12.9. The normalized spacial score (nSPS) is 10.1. The second-order valence-corrected chi connectivity index (χ2v) is 4.10. The van der Waals surface area contributed by atoms with E-state index in [2.05, 4.69) is 15.9 Å². The zero-order chi connectivity index (χ0) is 11.3. The lowest BCUT2D eigenvalue weighted by atomic mass is 10.2. The third-order valence-corrected chi connectivity index (χ3v) is 2.26. The summed E-state index contributed by atoms with van der Waals surface area (Å²) >= 11 is 3.12. The van der Waals surface area contributed by atoms with Crippen LogP contribution >= 0.6 is 15.9 Å². The minimum atomic E-state index is -0.428. The summed E-state index contributed by atoms with van der Waals surface area (Å²) in [4.78, 5) is 11.2. The average molecular weight is 275 g/mol. The van der Waals surface area contributed by atoms with Gasteiger partial charge in [-0.1, -0.05) is 29.3 Å². The van der Waals surface area contributed by atoms with Gasteiger partial charge in [0.25, 0.3) is 0 Å². The standard InChI is InChI=1S/C11H12BrFO2/c1-2-3-4-11(14)15-10-6-8(12)5-9(13)7-10/h5-7H,2-4H2,1H3. The number of carbonyl (C=O) groups excluding carboxylic acids is 1. The van der Waals surface area contributed by atoms with Crippen molar-refractivity contribution in [3.05, 3.63) is 28.5 Å². The Morgan fingerprint density at radius 3 is 2.80 bits per heavy atom. The summed E-state index contributed by atoms with van der Waals surface area (Å²) < 4.78 is 18.4. The topological polar surface area (TPSA) is 26.3 Å². The number of ether oxygens (including phenoxy) is 1. The predicted octanol–water partition coefficient (Wildman–Crippen LogP) is 3.68. The molecule has 0 aliphatic heterocycles. The summed E-state index contributed by atoms with van der Waals surface area (Å²) in [5.41, 5.74) is 0. The quantitative estimate of drug-likeness (QED) is 0.619. The van der Waals surface area contributed by atoms with Crippen LogP contribution in [0.2, 0.25) is 0 Å². The maximum absolute atomic E-state index is 12.9. The molecule has 0 unspecified atom stereocenters. The highest BCUT2D eigenvalue weighted by atomic mass is 79.9. The first kappa shape index (κ1) is 12.2. The summed E-state index contributed by atoms with van der Waals surface area (Å²) in [7, 11) is 0. The molecule has 1 rings (SSSR count). The molecule has 0 saturated heterocycles. The molecule has 1 aromatic rings. The minimum absolute atomic E-state index is 0.239. The first-order valence-corrected chi connectivity index (χ1v) is 5.58. The van der Waals surface area contributed by atoms with Crippen LogP contribution in [0.5, 0.6) is 5.75 Å². The molecular formula is C11H12BrFO2. The summed E-state index contributed by atoms with van der Waals surface area (Å²) in [6.45, 7) is 1.99. The lowest BCUT2D eigenvalue weighted by Gasteiger charge is -2.04. The van der Waals surface area contributed by atoms with Crippen molar-refractivity contribution in [1.82, 2.24) is 0 Å². The van der Waals surface area contributed by atoms with E-state index in [1.807, 2.05) is 6.92 Å². The molecule has 0 fully saturated rings. The number of carbonyl (C=O) groups is 1. The molecule has 0 N–H and O–H groups in total. The monoisotopic (exact) mass is 274 g/mol. The van der Waals surface area contributed by atoms with Crippen molar-refractivity contribution in [1.29, 1.82) is 0 Å². The van der Waals surface area contributed by atoms with E-state index in [-0.39, 0.29) is 11.7 Å². The Morgan fingerprint density at radius 2 is 2.20 bits per heavy atom. The van der Waals surface area contributed by atoms with Gasteiger partial charge in [0.1, 0.15) is 11.6 Å². The Kier molecular flexibility index (Phi) is 4.75. The lowest BCUT2D eigenvalue weighted by molar-refractivity contribution is -0.134. The molecule has 15 heavy (non-hydrogen) atoms. The van der Waals surface area contributed by atoms with Crippen LogP contribution in [-0.4, -0.2) is 5.97 Å². The second kappa shape index (κ2) is 5.85. The van der Waals surface area contributed by atoms with Crippen LogP contribution in [0, 0.1) is 5.82 Å². The predicted molar refractivity (Wildman–Crippen MR) is 59.3 cm³/mol. The Balaban J connectivity index is 2.60. The van der Waals surface area contributed by atoms with Gasteiger partial charge in [0.05, 0.1) is 0 Å². The van der Waals surface area contributed by atoms with Crippen LogP contribution in [0.15, 0.2) is 22.7 Å². The molecule has 82 valence electrons. The van der Waals surface area contributed by atoms with Crippen molar-refractivity contribution in [2.24, 2.45) is 0 Å². The summed E-state index contributed by atoms with van der Waals surface area (Å²) in [6, 6.07) is 4.06.